The van der Waals surface area contributed by atoms with Crippen LogP contribution in [0.1, 0.15) is 21.1 Å². The van der Waals surface area contributed by atoms with Gasteiger partial charge in [0.05, 0.1) is 23.9 Å². The summed E-state index contributed by atoms with van der Waals surface area (Å²) in [6.45, 7) is 4.05. The van der Waals surface area contributed by atoms with E-state index in [4.69, 9.17) is 16.7 Å². The van der Waals surface area contributed by atoms with Crippen molar-refractivity contribution in [1.29, 1.82) is 0 Å². The van der Waals surface area contributed by atoms with Gasteiger partial charge in [-0.05, 0) is 49.0 Å². The first-order chi connectivity index (χ1) is 7.65. The third-order valence-corrected chi connectivity index (χ3v) is 3.39. The van der Waals surface area contributed by atoms with Crippen molar-refractivity contribution in [3.63, 3.8) is 0 Å². The van der Waals surface area contributed by atoms with E-state index in [1.165, 1.54) is 27.9 Å². The molecule has 2 heterocycles. The smallest absolute Gasteiger partial charge is 0.0863 e. The molecule has 0 atom stereocenters. The van der Waals surface area contributed by atoms with Crippen LogP contribution in [0.3, 0.4) is 0 Å². The standard InChI is InChI=1S/C5H6ClNS.C5H7NOS/c1-4-2-5(3-6)7-8-4;1-4-2-5(3-7)6-8-4/h2H,3H2,1H3;2,7H,3H2,1H3. The lowest BCUT2D eigenvalue weighted by Crippen LogP contribution is -1.77. The van der Waals surface area contributed by atoms with Crippen molar-refractivity contribution in [3.05, 3.63) is 33.3 Å². The Hall–Kier alpha value is -0.490. The summed E-state index contributed by atoms with van der Waals surface area (Å²) in [4.78, 5) is 2.37. The van der Waals surface area contributed by atoms with Crippen LogP contribution >= 0.6 is 34.7 Å². The van der Waals surface area contributed by atoms with Crippen LogP contribution in [-0.2, 0) is 12.5 Å². The number of aromatic nitrogens is 2. The Morgan fingerprint density at radius 1 is 1.12 bits per heavy atom. The molecule has 16 heavy (non-hydrogen) atoms. The first kappa shape index (κ1) is 13.6. The summed E-state index contributed by atoms with van der Waals surface area (Å²) < 4.78 is 7.97. The second-order valence-electron chi connectivity index (χ2n) is 3.15. The lowest BCUT2D eigenvalue weighted by molar-refractivity contribution is 0.278. The van der Waals surface area contributed by atoms with Crippen LogP contribution in [0.4, 0.5) is 0 Å². The number of aryl methyl sites for hydroxylation is 2. The van der Waals surface area contributed by atoms with Gasteiger partial charge in [-0.3, -0.25) is 0 Å². The minimum Gasteiger partial charge on any atom is -0.390 e. The second-order valence-corrected chi connectivity index (χ2v) is 5.44. The zero-order valence-electron chi connectivity index (χ0n) is 9.11. The highest BCUT2D eigenvalue weighted by Gasteiger charge is 1.93. The molecule has 0 unspecified atom stereocenters. The van der Waals surface area contributed by atoms with E-state index < -0.39 is 0 Å². The maximum atomic E-state index is 8.50. The molecule has 0 bridgehead atoms. The monoisotopic (exact) mass is 276 g/mol. The summed E-state index contributed by atoms with van der Waals surface area (Å²) in [5.41, 5.74) is 1.75. The Bertz CT molecular complexity index is 388. The predicted molar refractivity (Wildman–Crippen MR) is 69.2 cm³/mol. The molecule has 2 aromatic rings. The number of hydrogen-bond donors (Lipinski definition) is 1. The van der Waals surface area contributed by atoms with Gasteiger partial charge in [0.2, 0.25) is 0 Å². The van der Waals surface area contributed by atoms with Gasteiger partial charge in [0, 0.05) is 9.75 Å². The van der Waals surface area contributed by atoms with E-state index in [9.17, 15) is 0 Å². The van der Waals surface area contributed by atoms with Crippen molar-refractivity contribution in [2.75, 3.05) is 0 Å². The fourth-order valence-electron chi connectivity index (χ4n) is 0.973. The number of aliphatic hydroxyl groups excluding tert-OH is 1. The second kappa shape index (κ2) is 6.96. The van der Waals surface area contributed by atoms with Gasteiger partial charge < -0.3 is 5.11 Å². The Labute approximate surface area is 108 Å². The van der Waals surface area contributed by atoms with Crippen LogP contribution < -0.4 is 0 Å². The first-order valence-electron chi connectivity index (χ1n) is 4.67. The number of halogens is 1. The molecule has 0 radical (unpaired) electrons. The van der Waals surface area contributed by atoms with Crippen molar-refractivity contribution < 1.29 is 5.11 Å². The SMILES string of the molecule is Cc1cc(CCl)ns1.Cc1cc(CO)ns1. The van der Waals surface area contributed by atoms with Gasteiger partial charge in [-0.15, -0.1) is 11.6 Å². The summed E-state index contributed by atoms with van der Waals surface area (Å²) >= 11 is 8.40. The van der Waals surface area contributed by atoms with E-state index in [2.05, 4.69) is 8.75 Å². The Balaban J connectivity index is 0.000000160. The van der Waals surface area contributed by atoms with E-state index in [1.807, 2.05) is 26.0 Å². The molecule has 6 heteroatoms. The topological polar surface area (TPSA) is 46.0 Å². The summed E-state index contributed by atoms with van der Waals surface area (Å²) in [5.74, 6) is 0.532. The van der Waals surface area contributed by atoms with Gasteiger partial charge >= 0.3 is 0 Å². The first-order valence-corrected chi connectivity index (χ1v) is 6.75. The highest BCUT2D eigenvalue weighted by Crippen LogP contribution is 2.09. The zero-order valence-corrected chi connectivity index (χ0v) is 11.5. The third kappa shape index (κ3) is 4.57. The molecule has 3 nitrogen and oxygen atoms in total. The van der Waals surface area contributed by atoms with Gasteiger partial charge in [-0.25, -0.2) is 0 Å². The summed E-state index contributed by atoms with van der Waals surface area (Å²) in [7, 11) is 0. The lowest BCUT2D eigenvalue weighted by Gasteiger charge is -1.77. The van der Waals surface area contributed by atoms with E-state index in [-0.39, 0.29) is 6.61 Å². The van der Waals surface area contributed by atoms with Gasteiger partial charge in [-0.1, -0.05) is 0 Å². The van der Waals surface area contributed by atoms with Crippen LogP contribution in [0.25, 0.3) is 0 Å². The van der Waals surface area contributed by atoms with Gasteiger partial charge in [0.25, 0.3) is 0 Å². The normalized spacial score (nSPS) is 9.75. The molecule has 88 valence electrons. The summed E-state index contributed by atoms with van der Waals surface area (Å²) in [6, 6.07) is 3.88. The minimum absolute atomic E-state index is 0.0599. The maximum absolute atomic E-state index is 8.50. The number of aliphatic hydroxyl groups is 1. The fraction of sp³-hybridized carbons (Fsp3) is 0.400. The van der Waals surface area contributed by atoms with Gasteiger partial charge in [0.1, 0.15) is 0 Å². The molecule has 2 aromatic heterocycles. The van der Waals surface area contributed by atoms with E-state index in [0.717, 1.165) is 16.3 Å². The zero-order chi connectivity index (χ0) is 12.0. The molecule has 0 aliphatic carbocycles. The molecule has 0 aliphatic heterocycles. The molecule has 0 saturated heterocycles. The van der Waals surface area contributed by atoms with E-state index in [0.29, 0.717) is 5.88 Å². The average Bonchev–Trinajstić information content (AvgIpc) is 2.88. The Morgan fingerprint density at radius 3 is 1.81 bits per heavy atom. The van der Waals surface area contributed by atoms with Gasteiger partial charge in [0.15, 0.2) is 0 Å². The van der Waals surface area contributed by atoms with Crippen LogP contribution in [0.15, 0.2) is 12.1 Å². The predicted octanol–water partition coefficient (Wildman–Crippen LogP) is 3.13. The van der Waals surface area contributed by atoms with E-state index in [1.54, 1.807) is 0 Å². The maximum Gasteiger partial charge on any atom is 0.0863 e. The van der Waals surface area contributed by atoms with Crippen molar-refractivity contribution in [2.45, 2.75) is 26.3 Å². The van der Waals surface area contributed by atoms with Crippen molar-refractivity contribution in [3.8, 4) is 0 Å². The molecule has 1 N–H and O–H groups in total. The van der Waals surface area contributed by atoms with Crippen LogP contribution in [0, 0.1) is 13.8 Å². The average molecular weight is 277 g/mol. The van der Waals surface area contributed by atoms with Crippen LogP contribution in [0.2, 0.25) is 0 Å². The van der Waals surface area contributed by atoms with Crippen LogP contribution in [0.5, 0.6) is 0 Å². The number of hydrogen-bond acceptors (Lipinski definition) is 5. The fourth-order valence-corrected chi connectivity index (χ4v) is 2.31. The van der Waals surface area contributed by atoms with Crippen molar-refractivity contribution in [1.82, 2.24) is 8.75 Å². The molecule has 0 saturated carbocycles. The van der Waals surface area contributed by atoms with E-state index >= 15 is 0 Å². The molecule has 0 amide bonds. The number of alkyl halides is 1. The Morgan fingerprint density at radius 2 is 1.62 bits per heavy atom. The summed E-state index contributed by atoms with van der Waals surface area (Å²) in [5, 5.41) is 8.50. The minimum atomic E-state index is 0.0599. The highest BCUT2D eigenvalue weighted by atomic mass is 35.5. The summed E-state index contributed by atoms with van der Waals surface area (Å²) in [6.07, 6.45) is 0. The number of nitrogens with zero attached hydrogens (tertiary/aromatic N) is 2. The quantitative estimate of drug-likeness (QED) is 0.857. The largest absolute Gasteiger partial charge is 0.390 e. The van der Waals surface area contributed by atoms with Crippen molar-refractivity contribution in [2.24, 2.45) is 0 Å². The molecular weight excluding hydrogens is 264 g/mol. The number of rotatable bonds is 2. The van der Waals surface area contributed by atoms with Gasteiger partial charge in [-0.2, -0.15) is 8.75 Å². The Kier molecular flexibility index (Phi) is 5.90. The van der Waals surface area contributed by atoms with Crippen molar-refractivity contribution >= 4 is 34.7 Å². The lowest BCUT2D eigenvalue weighted by atomic mass is 10.4. The molecule has 0 fully saturated rings. The molecule has 0 aliphatic rings. The highest BCUT2D eigenvalue weighted by molar-refractivity contribution is 7.05. The molecular formula is C10H13ClN2OS2. The molecule has 0 aromatic carbocycles. The third-order valence-electron chi connectivity index (χ3n) is 1.65. The molecule has 2 rings (SSSR count). The van der Waals surface area contributed by atoms with Crippen LogP contribution in [-0.4, -0.2) is 13.9 Å². The molecule has 0 spiro atoms.